The fourth-order valence-electron chi connectivity index (χ4n) is 2.92. The molecule has 3 rings (SSSR count). The van der Waals surface area contributed by atoms with E-state index in [2.05, 4.69) is 34.9 Å². The van der Waals surface area contributed by atoms with Crippen molar-refractivity contribution >= 4 is 40.1 Å². The molecule has 140 valence electrons. The first-order valence-electron chi connectivity index (χ1n) is 9.00. The van der Waals surface area contributed by atoms with Crippen molar-refractivity contribution in [1.82, 2.24) is 10.6 Å². The maximum Gasteiger partial charge on any atom is 0.286 e. The van der Waals surface area contributed by atoms with Gasteiger partial charge in [-0.1, -0.05) is 78.6 Å². The third-order valence-electron chi connectivity index (χ3n) is 4.43. The molecule has 0 aromatic heterocycles. The highest BCUT2D eigenvalue weighted by Crippen LogP contribution is 2.23. The Morgan fingerprint density at radius 2 is 1.63 bits per heavy atom. The zero-order valence-corrected chi connectivity index (χ0v) is 16.6. The summed E-state index contributed by atoms with van der Waals surface area (Å²) in [7, 11) is 0. The number of thiocarbonyl (C=S) groups is 1. The molecule has 6 heteroatoms. The quantitative estimate of drug-likeness (QED) is 0.665. The maximum absolute atomic E-state index is 11.6. The van der Waals surface area contributed by atoms with E-state index in [4.69, 9.17) is 12.2 Å². The second-order valence-electron chi connectivity index (χ2n) is 6.49. The van der Waals surface area contributed by atoms with Crippen molar-refractivity contribution in [2.24, 2.45) is 0 Å². The van der Waals surface area contributed by atoms with Gasteiger partial charge in [0.05, 0.1) is 10.2 Å². The maximum atomic E-state index is 11.6. The zero-order valence-electron chi connectivity index (χ0n) is 14.9. The number of imide groups is 1. The summed E-state index contributed by atoms with van der Waals surface area (Å²) < 4.78 is 0. The fraction of sp³-hybridized carbons (Fsp3) is 0.286. The molecule has 2 aromatic rings. The van der Waals surface area contributed by atoms with Gasteiger partial charge in [0.15, 0.2) is 0 Å². The van der Waals surface area contributed by atoms with Gasteiger partial charge in [-0.3, -0.25) is 14.9 Å². The van der Waals surface area contributed by atoms with Crippen molar-refractivity contribution < 1.29 is 9.59 Å². The summed E-state index contributed by atoms with van der Waals surface area (Å²) in [6, 6.07) is 18.6. The number of benzene rings is 2. The molecule has 0 aliphatic carbocycles. The minimum absolute atomic E-state index is 0.192. The Morgan fingerprint density at radius 1 is 0.963 bits per heavy atom. The molecule has 1 atom stereocenters. The van der Waals surface area contributed by atoms with Gasteiger partial charge in [0.25, 0.3) is 5.24 Å². The van der Waals surface area contributed by atoms with Crippen LogP contribution in [0.5, 0.6) is 0 Å². The number of hydrogen-bond acceptors (Lipinski definition) is 4. The Hall–Kier alpha value is -2.18. The summed E-state index contributed by atoms with van der Waals surface area (Å²) >= 11 is 6.48. The highest BCUT2D eigenvalue weighted by Gasteiger charge is 2.31. The number of rotatable bonds is 8. The molecule has 1 aliphatic heterocycles. The molecule has 0 unspecified atom stereocenters. The van der Waals surface area contributed by atoms with Gasteiger partial charge in [-0.25, -0.2) is 0 Å². The van der Waals surface area contributed by atoms with Crippen molar-refractivity contribution in [2.45, 2.75) is 30.9 Å². The van der Waals surface area contributed by atoms with Crippen LogP contribution in [0.4, 0.5) is 4.79 Å². The second kappa shape index (κ2) is 9.67. The number of amides is 2. The summed E-state index contributed by atoms with van der Waals surface area (Å²) in [5.41, 5.74) is 3.58. The summed E-state index contributed by atoms with van der Waals surface area (Å²) in [5, 5.41) is 5.08. The lowest BCUT2D eigenvalue weighted by Crippen LogP contribution is -2.25. The molecule has 1 heterocycles. The predicted molar refractivity (Wildman–Crippen MR) is 114 cm³/mol. The largest absolute Gasteiger partial charge is 0.379 e. The van der Waals surface area contributed by atoms with E-state index in [1.54, 1.807) is 0 Å². The van der Waals surface area contributed by atoms with E-state index in [1.165, 1.54) is 11.1 Å². The first kappa shape index (κ1) is 19.6. The van der Waals surface area contributed by atoms with Crippen LogP contribution < -0.4 is 10.6 Å². The van der Waals surface area contributed by atoms with E-state index >= 15 is 0 Å². The van der Waals surface area contributed by atoms with Gasteiger partial charge in [-0.2, -0.15) is 0 Å². The topological polar surface area (TPSA) is 58.2 Å². The highest BCUT2D eigenvalue weighted by molar-refractivity contribution is 8.15. The van der Waals surface area contributed by atoms with Gasteiger partial charge >= 0.3 is 0 Å². The Bertz CT molecular complexity index is 807. The number of thioether (sulfide) groups is 1. The molecule has 1 aliphatic rings. The normalized spacial score (nSPS) is 16.2. The molecule has 27 heavy (non-hydrogen) atoms. The first-order chi connectivity index (χ1) is 13.1. The minimum atomic E-state index is -0.313. The monoisotopic (exact) mass is 398 g/mol. The molecule has 0 saturated carbocycles. The van der Waals surface area contributed by atoms with Crippen LogP contribution in [0.1, 0.15) is 23.1 Å². The molecular weight excluding hydrogens is 376 g/mol. The standard InChI is InChI=1S/C21H22N2O2S2/c24-20-18(27-21(25)23-20)14-17-8-6-16(7-9-17)12-13-22-19(26)11-10-15-4-2-1-3-5-15/h1-9,18H,10-14H2,(H,22,26)(H,23,24,25)/t18-/m1/s1. The number of nitrogens with one attached hydrogen (secondary N) is 2. The fourth-order valence-corrected chi connectivity index (χ4v) is 3.98. The van der Waals surface area contributed by atoms with Crippen molar-refractivity contribution in [1.29, 1.82) is 0 Å². The van der Waals surface area contributed by atoms with E-state index < -0.39 is 0 Å². The third-order valence-corrected chi connectivity index (χ3v) is 5.76. The zero-order chi connectivity index (χ0) is 19.1. The van der Waals surface area contributed by atoms with E-state index in [9.17, 15) is 9.59 Å². The lowest BCUT2D eigenvalue weighted by atomic mass is 10.1. The van der Waals surface area contributed by atoms with Gasteiger partial charge in [0, 0.05) is 13.0 Å². The molecule has 1 fully saturated rings. The molecule has 2 N–H and O–H groups in total. The molecule has 0 bridgehead atoms. The van der Waals surface area contributed by atoms with Gasteiger partial charge in [-0.15, -0.1) is 0 Å². The summed E-state index contributed by atoms with van der Waals surface area (Å²) in [5.74, 6) is -0.192. The third kappa shape index (κ3) is 6.19. The van der Waals surface area contributed by atoms with Gasteiger partial charge in [-0.05, 0) is 36.0 Å². The average molecular weight is 399 g/mol. The van der Waals surface area contributed by atoms with Crippen LogP contribution in [-0.4, -0.2) is 27.9 Å². The van der Waals surface area contributed by atoms with Gasteiger partial charge < -0.3 is 5.32 Å². The molecule has 1 saturated heterocycles. The molecular formula is C21H22N2O2S2. The lowest BCUT2D eigenvalue weighted by Gasteiger charge is -2.09. The van der Waals surface area contributed by atoms with Crippen molar-refractivity contribution in [3.63, 3.8) is 0 Å². The Morgan fingerprint density at radius 3 is 2.30 bits per heavy atom. The van der Waals surface area contributed by atoms with Crippen LogP contribution in [0.15, 0.2) is 54.6 Å². The van der Waals surface area contributed by atoms with Crippen LogP contribution in [0, 0.1) is 0 Å². The minimum Gasteiger partial charge on any atom is -0.379 e. The Labute approximate surface area is 169 Å². The van der Waals surface area contributed by atoms with E-state index in [0.717, 1.165) is 48.1 Å². The van der Waals surface area contributed by atoms with Gasteiger partial charge in [0.1, 0.15) is 0 Å². The number of carbonyl (C=O) groups excluding carboxylic acids is 2. The lowest BCUT2D eigenvalue weighted by molar-refractivity contribution is -0.118. The number of aryl methyl sites for hydroxylation is 1. The van der Waals surface area contributed by atoms with E-state index in [0.29, 0.717) is 6.42 Å². The summed E-state index contributed by atoms with van der Waals surface area (Å²) in [4.78, 5) is 23.7. The van der Waals surface area contributed by atoms with Gasteiger partial charge in [0.2, 0.25) is 5.91 Å². The van der Waals surface area contributed by atoms with Crippen LogP contribution in [0.2, 0.25) is 0 Å². The van der Waals surface area contributed by atoms with Crippen molar-refractivity contribution in [3.8, 4) is 0 Å². The van der Waals surface area contributed by atoms with Crippen LogP contribution >= 0.6 is 24.0 Å². The molecule has 2 amide bonds. The Balaban J connectivity index is 1.38. The second-order valence-corrected chi connectivity index (χ2v) is 8.16. The SMILES string of the molecule is O=C1NC(=O)[C@@H](Cc2ccc(CCNC(=S)CCc3ccccc3)cc2)S1. The van der Waals surface area contributed by atoms with E-state index in [-0.39, 0.29) is 16.4 Å². The molecule has 0 spiro atoms. The molecule has 0 radical (unpaired) electrons. The smallest absolute Gasteiger partial charge is 0.286 e. The molecule has 4 nitrogen and oxygen atoms in total. The predicted octanol–water partition coefficient (Wildman–Crippen LogP) is 3.67. The first-order valence-corrected chi connectivity index (χ1v) is 10.3. The highest BCUT2D eigenvalue weighted by atomic mass is 32.2. The van der Waals surface area contributed by atoms with E-state index in [1.807, 2.05) is 30.3 Å². The average Bonchev–Trinajstić information content (AvgIpc) is 2.99. The number of carbonyl (C=O) groups is 2. The van der Waals surface area contributed by atoms with Crippen molar-refractivity contribution in [3.05, 3.63) is 71.3 Å². The van der Waals surface area contributed by atoms with Crippen molar-refractivity contribution in [2.75, 3.05) is 6.54 Å². The molecule has 2 aromatic carbocycles. The van der Waals surface area contributed by atoms with Crippen LogP contribution in [0.25, 0.3) is 0 Å². The summed E-state index contributed by atoms with van der Waals surface area (Å²) in [6.45, 7) is 0.808. The van der Waals surface area contributed by atoms with Crippen LogP contribution in [-0.2, 0) is 24.1 Å². The number of hydrogen-bond donors (Lipinski definition) is 2. The Kier molecular flexibility index (Phi) is 7.01. The van der Waals surface area contributed by atoms with Crippen LogP contribution in [0.3, 0.4) is 0 Å². The summed E-state index contributed by atoms with van der Waals surface area (Å²) in [6.07, 6.45) is 3.28.